The van der Waals surface area contributed by atoms with Crippen LogP contribution in [0.4, 0.5) is 16.2 Å². The smallest absolute Gasteiger partial charge is 0.255 e. The molecule has 0 spiro atoms. The fraction of sp³-hybridized carbons (Fsp3) is 0.326. The second kappa shape index (κ2) is 18.9. The molecule has 0 saturated carbocycles. The van der Waals surface area contributed by atoms with Crippen LogP contribution >= 0.6 is 11.6 Å². The van der Waals surface area contributed by atoms with Gasteiger partial charge in [-0.05, 0) is 70.8 Å². The summed E-state index contributed by atoms with van der Waals surface area (Å²) in [6.07, 6.45) is 1.81. The van der Waals surface area contributed by atoms with Gasteiger partial charge in [0.25, 0.3) is 5.91 Å². The van der Waals surface area contributed by atoms with Crippen molar-refractivity contribution in [3.63, 3.8) is 0 Å². The summed E-state index contributed by atoms with van der Waals surface area (Å²) < 4.78 is 28.5. The Morgan fingerprint density at radius 2 is 1.81 bits per heavy atom. The number of likely N-dealkylation sites (N-methyl/N-ethyl adjacent to an activating group) is 1. The Morgan fingerprint density at radius 1 is 1.02 bits per heavy atom. The molecule has 0 aliphatic carbocycles. The molecule has 0 bridgehead atoms. The van der Waals surface area contributed by atoms with Crippen molar-refractivity contribution in [2.75, 3.05) is 76.4 Å². The first kappa shape index (κ1) is 43.8. The Bertz CT molecular complexity index is 2690. The summed E-state index contributed by atoms with van der Waals surface area (Å²) in [5, 5.41) is 17.9. The van der Waals surface area contributed by atoms with Crippen LogP contribution in [0.3, 0.4) is 0 Å². The summed E-state index contributed by atoms with van der Waals surface area (Å²) in [5.74, 6) is -1.11. The van der Waals surface area contributed by atoms with E-state index in [2.05, 4.69) is 22.2 Å². The number of anilines is 2. The number of imide groups is 1. The van der Waals surface area contributed by atoms with Gasteiger partial charge >= 0.3 is 0 Å². The number of benzene rings is 4. The fourth-order valence-electron chi connectivity index (χ4n) is 8.28. The standard InChI is InChI=1S/C46H46ClFN8O8/c1-3-38(59)54-14-16-55(17-15-54)43-34-25-35(47)40(33-24-29(57)22-27-6-4-5-7-31(27)33)41(48)42(34)51-46(52-43)49-13-12-39(60)53(2)18-19-63-20-21-64-30-8-9-32-28(23-30)26-56(45(32)62)36-10-11-37(58)50-44(36)61/h3-9,22-25,36,57H,1,10-21,26H2,2H3,(H,49,51,52)(H,50,58,61). The molecule has 2 fully saturated rings. The third kappa shape index (κ3) is 9.12. The molecule has 5 amide bonds. The van der Waals surface area contributed by atoms with E-state index in [9.17, 15) is 29.1 Å². The van der Waals surface area contributed by atoms with E-state index in [0.717, 1.165) is 5.56 Å². The Hall–Kier alpha value is -6.85. The van der Waals surface area contributed by atoms with Gasteiger partial charge in [-0.15, -0.1) is 0 Å². The van der Waals surface area contributed by atoms with E-state index >= 15 is 4.39 Å². The van der Waals surface area contributed by atoms with Crippen LogP contribution in [-0.4, -0.2) is 131 Å². The minimum absolute atomic E-state index is 0.00352. The molecule has 1 unspecified atom stereocenters. The van der Waals surface area contributed by atoms with E-state index in [-0.39, 0.29) is 104 Å². The van der Waals surface area contributed by atoms with E-state index < -0.39 is 17.8 Å². The molecule has 16 nitrogen and oxygen atoms in total. The topological polar surface area (TPSA) is 187 Å². The minimum atomic E-state index is -0.700. The van der Waals surface area contributed by atoms with Crippen molar-refractivity contribution in [2.24, 2.45) is 0 Å². The maximum absolute atomic E-state index is 16.9. The van der Waals surface area contributed by atoms with Crippen LogP contribution in [0.1, 0.15) is 35.2 Å². The largest absolute Gasteiger partial charge is 0.508 e. The molecule has 4 heterocycles. The molecule has 2 saturated heterocycles. The highest BCUT2D eigenvalue weighted by Crippen LogP contribution is 2.42. The average molecular weight is 893 g/mol. The number of carbonyl (C=O) groups is 5. The number of piperazine rings is 1. The second-order valence-corrected chi connectivity index (χ2v) is 16.1. The van der Waals surface area contributed by atoms with E-state index in [1.165, 1.54) is 17.0 Å². The van der Waals surface area contributed by atoms with Gasteiger partial charge in [0.05, 0.1) is 18.2 Å². The Balaban J connectivity index is 0.871. The van der Waals surface area contributed by atoms with Gasteiger partial charge in [0.2, 0.25) is 29.6 Å². The number of amides is 5. The van der Waals surface area contributed by atoms with Crippen LogP contribution < -0.4 is 20.3 Å². The predicted octanol–water partition coefficient (Wildman–Crippen LogP) is 4.90. The molecule has 5 aromatic rings. The molecule has 18 heteroatoms. The molecule has 1 aromatic heterocycles. The minimum Gasteiger partial charge on any atom is -0.508 e. The van der Waals surface area contributed by atoms with Gasteiger partial charge in [-0.3, -0.25) is 29.3 Å². The number of fused-ring (bicyclic) bond motifs is 3. The Labute approximate surface area is 372 Å². The number of hydrogen-bond donors (Lipinski definition) is 3. The molecule has 3 aliphatic heterocycles. The normalized spacial score (nSPS) is 16.3. The summed E-state index contributed by atoms with van der Waals surface area (Å²) in [7, 11) is 1.67. The van der Waals surface area contributed by atoms with Gasteiger partial charge in [0.1, 0.15) is 35.5 Å². The number of aromatic nitrogens is 2. The lowest BCUT2D eigenvalue weighted by Gasteiger charge is -2.35. The number of carbonyl (C=O) groups excluding carboxylic acids is 5. The SMILES string of the molecule is C=CC(=O)N1CCN(c2nc(NCCC(=O)N(C)CCOCCOc3ccc4c(c3)CN(C3CCC(=O)NC3=O)C4=O)nc3c(F)c(-c4cc(O)cc5ccccc45)c(Cl)cc23)CC1. The first-order valence-electron chi connectivity index (χ1n) is 20.9. The molecule has 332 valence electrons. The van der Waals surface area contributed by atoms with Crippen LogP contribution in [0.15, 0.2) is 73.3 Å². The van der Waals surface area contributed by atoms with Gasteiger partial charge in [0, 0.05) is 82.2 Å². The van der Waals surface area contributed by atoms with Crippen molar-refractivity contribution in [1.82, 2.24) is 30.0 Å². The third-order valence-corrected chi connectivity index (χ3v) is 12.0. The highest BCUT2D eigenvalue weighted by atomic mass is 35.5. The van der Waals surface area contributed by atoms with E-state index in [1.54, 1.807) is 47.2 Å². The third-order valence-electron chi connectivity index (χ3n) is 11.7. The summed E-state index contributed by atoms with van der Waals surface area (Å²) in [6.45, 7) is 6.60. The molecule has 0 radical (unpaired) electrons. The second-order valence-electron chi connectivity index (χ2n) is 15.7. The van der Waals surface area contributed by atoms with Crippen LogP contribution in [-0.2, 0) is 30.5 Å². The molecule has 4 aromatic carbocycles. The number of nitrogens with zero attached hydrogens (tertiary/aromatic N) is 6. The maximum atomic E-state index is 16.9. The average Bonchev–Trinajstić information content (AvgIpc) is 3.61. The summed E-state index contributed by atoms with van der Waals surface area (Å²) in [5.41, 5.74) is 1.70. The number of phenolic OH excluding ortho intramolecular Hbond substituents is 1. The number of phenols is 1. The zero-order valence-corrected chi connectivity index (χ0v) is 35.8. The van der Waals surface area contributed by atoms with Gasteiger partial charge in [-0.2, -0.15) is 4.98 Å². The van der Waals surface area contributed by atoms with Gasteiger partial charge in [-0.25, -0.2) is 9.37 Å². The number of hydrogen-bond acceptors (Lipinski definition) is 12. The lowest BCUT2D eigenvalue weighted by atomic mass is 9.96. The number of halogens is 2. The first-order valence-corrected chi connectivity index (χ1v) is 21.3. The molecular formula is C46H46ClFN8O8. The zero-order valence-electron chi connectivity index (χ0n) is 35.1. The van der Waals surface area contributed by atoms with Gasteiger partial charge in [-0.1, -0.05) is 42.4 Å². The maximum Gasteiger partial charge on any atom is 0.255 e. The van der Waals surface area contributed by atoms with Crippen molar-refractivity contribution in [3.8, 4) is 22.6 Å². The number of rotatable bonds is 15. The van der Waals surface area contributed by atoms with Gasteiger partial charge in [0.15, 0.2) is 5.82 Å². The van der Waals surface area contributed by atoms with Crippen molar-refractivity contribution in [3.05, 3.63) is 95.3 Å². The lowest BCUT2D eigenvalue weighted by molar-refractivity contribution is -0.137. The number of piperidine rings is 1. The van der Waals surface area contributed by atoms with Crippen LogP contribution in [0, 0.1) is 5.82 Å². The van der Waals surface area contributed by atoms with Gasteiger partial charge < -0.3 is 39.5 Å². The quantitative estimate of drug-likeness (QED) is 0.0735. The molecule has 64 heavy (non-hydrogen) atoms. The zero-order chi connectivity index (χ0) is 45.1. The Morgan fingerprint density at radius 3 is 2.59 bits per heavy atom. The number of aromatic hydroxyl groups is 1. The van der Waals surface area contributed by atoms with Crippen molar-refractivity contribution < 1.29 is 42.9 Å². The lowest BCUT2D eigenvalue weighted by Crippen LogP contribution is -2.52. The van der Waals surface area contributed by atoms with E-state index in [1.807, 2.05) is 29.2 Å². The predicted molar refractivity (Wildman–Crippen MR) is 238 cm³/mol. The van der Waals surface area contributed by atoms with Crippen LogP contribution in [0.25, 0.3) is 32.8 Å². The molecular weight excluding hydrogens is 847 g/mol. The number of nitrogens with one attached hydrogen (secondary N) is 2. The van der Waals surface area contributed by atoms with Crippen LogP contribution in [0.2, 0.25) is 5.02 Å². The number of ether oxygens (including phenoxy) is 2. The molecule has 1 atom stereocenters. The fourth-order valence-corrected chi connectivity index (χ4v) is 8.57. The van der Waals surface area contributed by atoms with E-state index in [0.29, 0.717) is 71.6 Å². The van der Waals surface area contributed by atoms with Crippen molar-refractivity contribution in [1.29, 1.82) is 0 Å². The van der Waals surface area contributed by atoms with E-state index in [4.69, 9.17) is 26.1 Å². The summed E-state index contributed by atoms with van der Waals surface area (Å²) in [6, 6.07) is 16.4. The van der Waals surface area contributed by atoms with Crippen molar-refractivity contribution in [2.45, 2.75) is 31.8 Å². The van der Waals surface area contributed by atoms with Crippen LogP contribution in [0.5, 0.6) is 11.5 Å². The highest BCUT2D eigenvalue weighted by Gasteiger charge is 2.39. The highest BCUT2D eigenvalue weighted by molar-refractivity contribution is 6.35. The molecule has 3 aliphatic rings. The Kier molecular flexibility index (Phi) is 12.9. The summed E-state index contributed by atoms with van der Waals surface area (Å²) >= 11 is 6.86. The first-order chi connectivity index (χ1) is 30.9. The molecule has 3 N–H and O–H groups in total. The summed E-state index contributed by atoms with van der Waals surface area (Å²) in [4.78, 5) is 78.3. The molecule has 8 rings (SSSR count). The van der Waals surface area contributed by atoms with Crippen molar-refractivity contribution >= 4 is 74.6 Å². The monoisotopic (exact) mass is 892 g/mol.